The molecule has 1 N–H and O–H groups in total. The third kappa shape index (κ3) is 4.31. The molecule has 3 aromatic rings. The lowest BCUT2D eigenvalue weighted by atomic mass is 9.92. The van der Waals surface area contributed by atoms with Crippen molar-refractivity contribution in [2.75, 3.05) is 11.1 Å². The number of amides is 1. The third-order valence-corrected chi connectivity index (χ3v) is 6.30. The van der Waals surface area contributed by atoms with Gasteiger partial charge in [-0.3, -0.25) is 14.0 Å². The number of fused-ring (bicyclic) bond motifs is 1. The molecule has 2 heterocycles. The third-order valence-electron chi connectivity index (χ3n) is 5.36. The Kier molecular flexibility index (Phi) is 5.73. The van der Waals surface area contributed by atoms with Crippen molar-refractivity contribution in [1.29, 1.82) is 0 Å². The van der Waals surface area contributed by atoms with Crippen LogP contribution in [0.5, 0.6) is 0 Å². The van der Waals surface area contributed by atoms with Gasteiger partial charge < -0.3 is 5.32 Å². The molecule has 0 saturated carbocycles. The van der Waals surface area contributed by atoms with E-state index in [0.717, 1.165) is 35.2 Å². The highest BCUT2D eigenvalue weighted by molar-refractivity contribution is 7.99. The molecule has 0 unspecified atom stereocenters. The van der Waals surface area contributed by atoms with Gasteiger partial charge in [0.15, 0.2) is 5.16 Å². The molecule has 0 fully saturated rings. The van der Waals surface area contributed by atoms with Crippen LogP contribution in [-0.2, 0) is 30.1 Å². The molecule has 0 aliphatic heterocycles. The number of hydrogen-bond acceptors (Lipinski definition) is 4. The summed E-state index contributed by atoms with van der Waals surface area (Å²) in [5.41, 5.74) is 4.47. The van der Waals surface area contributed by atoms with Gasteiger partial charge in [0.1, 0.15) is 5.82 Å². The summed E-state index contributed by atoms with van der Waals surface area (Å²) >= 11 is 1.49. The van der Waals surface area contributed by atoms with Gasteiger partial charge in [0.2, 0.25) is 5.91 Å². The Morgan fingerprint density at radius 3 is 2.60 bits per heavy atom. The predicted molar refractivity (Wildman–Crippen MR) is 121 cm³/mol. The van der Waals surface area contributed by atoms with Gasteiger partial charge in [-0.15, -0.1) is 0 Å². The maximum absolute atomic E-state index is 12.7. The molecule has 158 valence electrons. The van der Waals surface area contributed by atoms with Crippen LogP contribution in [0.4, 0.5) is 5.82 Å². The van der Waals surface area contributed by atoms with Crippen LogP contribution in [0.25, 0.3) is 5.69 Å². The highest BCUT2D eigenvalue weighted by Crippen LogP contribution is 2.31. The Hall–Kier alpha value is -2.54. The van der Waals surface area contributed by atoms with E-state index in [1.807, 2.05) is 31.3 Å². The summed E-state index contributed by atoms with van der Waals surface area (Å²) < 4.78 is 3.96. The highest BCUT2D eigenvalue weighted by Gasteiger charge is 2.23. The average Bonchev–Trinajstić information content (AvgIpc) is 3.27. The smallest absolute Gasteiger partial charge is 0.235 e. The second-order valence-corrected chi connectivity index (χ2v) is 9.73. The minimum Gasteiger partial charge on any atom is -0.310 e. The number of nitrogens with zero attached hydrogens (tertiary/aromatic N) is 4. The molecule has 0 bridgehead atoms. The van der Waals surface area contributed by atoms with Gasteiger partial charge in [-0.1, -0.05) is 50.7 Å². The molecule has 1 aliphatic carbocycles. The summed E-state index contributed by atoms with van der Waals surface area (Å²) in [6, 6.07) is 12.3. The molecule has 30 heavy (non-hydrogen) atoms. The maximum atomic E-state index is 12.7. The summed E-state index contributed by atoms with van der Waals surface area (Å²) in [5, 5.41) is 8.42. The summed E-state index contributed by atoms with van der Waals surface area (Å²) in [6.45, 7) is 6.34. The number of thioether (sulfide) groups is 1. The molecule has 0 spiro atoms. The van der Waals surface area contributed by atoms with Crippen LogP contribution in [0.1, 0.15) is 50.7 Å². The lowest BCUT2D eigenvalue weighted by Gasteiger charge is -2.15. The minimum absolute atomic E-state index is 0.0518. The van der Waals surface area contributed by atoms with Crippen molar-refractivity contribution in [1.82, 2.24) is 19.3 Å². The van der Waals surface area contributed by atoms with Gasteiger partial charge in [0.25, 0.3) is 0 Å². The molecule has 1 amide bonds. The van der Waals surface area contributed by atoms with Crippen LogP contribution in [0.3, 0.4) is 0 Å². The number of para-hydroxylation sites is 1. The van der Waals surface area contributed by atoms with Gasteiger partial charge >= 0.3 is 0 Å². The molecule has 0 radical (unpaired) electrons. The fourth-order valence-electron chi connectivity index (χ4n) is 3.72. The fourth-order valence-corrected chi connectivity index (χ4v) is 4.57. The average molecular weight is 424 g/mol. The first-order valence-corrected chi connectivity index (χ1v) is 11.4. The van der Waals surface area contributed by atoms with Crippen LogP contribution in [0, 0.1) is 0 Å². The van der Waals surface area contributed by atoms with E-state index >= 15 is 0 Å². The van der Waals surface area contributed by atoms with Crippen molar-refractivity contribution >= 4 is 23.5 Å². The monoisotopic (exact) mass is 423 g/mol. The maximum Gasteiger partial charge on any atom is 0.235 e. The van der Waals surface area contributed by atoms with E-state index in [-0.39, 0.29) is 11.3 Å². The van der Waals surface area contributed by atoms with Crippen molar-refractivity contribution in [3.63, 3.8) is 0 Å². The van der Waals surface area contributed by atoms with Gasteiger partial charge in [-0.2, -0.15) is 5.10 Å². The number of hydrogen-bond donors (Lipinski definition) is 1. The zero-order chi connectivity index (χ0) is 21.3. The summed E-state index contributed by atoms with van der Waals surface area (Å²) in [7, 11) is 1.86. The van der Waals surface area contributed by atoms with E-state index in [9.17, 15) is 4.79 Å². The van der Waals surface area contributed by atoms with Crippen molar-refractivity contribution in [2.45, 2.75) is 57.0 Å². The molecule has 7 heteroatoms. The first kappa shape index (κ1) is 20.7. The Morgan fingerprint density at radius 1 is 1.17 bits per heavy atom. The summed E-state index contributed by atoms with van der Waals surface area (Å²) in [5.74, 6) is 0.971. The zero-order valence-electron chi connectivity index (χ0n) is 18.1. The van der Waals surface area contributed by atoms with Crippen LogP contribution in [0.15, 0.2) is 41.6 Å². The Balaban J connectivity index is 1.51. The number of rotatable bonds is 5. The molecule has 6 nitrogen and oxygen atoms in total. The first-order chi connectivity index (χ1) is 14.3. The van der Waals surface area contributed by atoms with Gasteiger partial charge in [-0.05, 0) is 37.8 Å². The number of aryl methyl sites for hydroxylation is 2. The predicted octanol–water partition coefficient (Wildman–Crippen LogP) is 4.51. The van der Waals surface area contributed by atoms with Crippen LogP contribution in [-0.4, -0.2) is 31.0 Å². The van der Waals surface area contributed by atoms with Crippen molar-refractivity contribution in [3.05, 3.63) is 53.5 Å². The molecular formula is C23H29N5OS. The van der Waals surface area contributed by atoms with Crippen molar-refractivity contribution in [2.24, 2.45) is 7.05 Å². The van der Waals surface area contributed by atoms with Crippen LogP contribution < -0.4 is 5.32 Å². The zero-order valence-corrected chi connectivity index (χ0v) is 18.9. The molecule has 1 aromatic carbocycles. The van der Waals surface area contributed by atoms with E-state index in [0.29, 0.717) is 5.75 Å². The Bertz CT molecular complexity index is 1050. The van der Waals surface area contributed by atoms with E-state index in [4.69, 9.17) is 4.98 Å². The van der Waals surface area contributed by atoms with E-state index < -0.39 is 0 Å². The second kappa shape index (κ2) is 8.30. The lowest BCUT2D eigenvalue weighted by Crippen LogP contribution is -2.17. The van der Waals surface area contributed by atoms with Crippen LogP contribution >= 0.6 is 11.8 Å². The first-order valence-electron chi connectivity index (χ1n) is 10.5. The normalized spacial score (nSPS) is 13.9. The van der Waals surface area contributed by atoms with E-state index in [1.54, 1.807) is 4.68 Å². The number of benzene rings is 1. The minimum atomic E-state index is -0.0605. The molecule has 0 saturated heterocycles. The number of imidazole rings is 1. The summed E-state index contributed by atoms with van der Waals surface area (Å²) in [4.78, 5) is 17.6. The lowest BCUT2D eigenvalue weighted by molar-refractivity contribution is -0.113. The standard InChI is InChI=1S/C23H29N5OS/c1-23(2,3)19-14-20(27(4)26-19)25-21(29)15-30-22-24-17-12-8-9-13-18(17)28(22)16-10-6-5-7-11-16/h5-7,10-11,14H,8-9,12-13,15H2,1-4H3,(H,25,29). The molecule has 2 aromatic heterocycles. The second-order valence-electron chi connectivity index (χ2n) is 8.79. The molecule has 1 aliphatic rings. The summed E-state index contributed by atoms with van der Waals surface area (Å²) in [6.07, 6.45) is 4.42. The van der Waals surface area contributed by atoms with E-state index in [1.165, 1.54) is 36.0 Å². The Morgan fingerprint density at radius 2 is 1.90 bits per heavy atom. The number of aromatic nitrogens is 4. The van der Waals surface area contributed by atoms with Crippen molar-refractivity contribution < 1.29 is 4.79 Å². The fraction of sp³-hybridized carbons (Fsp3) is 0.435. The van der Waals surface area contributed by atoms with Gasteiger partial charge in [0.05, 0.1) is 17.1 Å². The van der Waals surface area contributed by atoms with Gasteiger partial charge in [0, 0.05) is 29.9 Å². The number of carbonyl (C=O) groups excluding carboxylic acids is 1. The number of anilines is 1. The molecule has 4 rings (SSSR count). The molecule has 0 atom stereocenters. The number of nitrogens with one attached hydrogen (secondary N) is 1. The Labute approximate surface area is 182 Å². The number of carbonyl (C=O) groups is 1. The quantitative estimate of drug-likeness (QED) is 0.613. The largest absolute Gasteiger partial charge is 0.310 e. The highest BCUT2D eigenvalue weighted by atomic mass is 32.2. The van der Waals surface area contributed by atoms with Gasteiger partial charge in [-0.25, -0.2) is 4.98 Å². The van der Waals surface area contributed by atoms with Crippen molar-refractivity contribution in [3.8, 4) is 5.69 Å². The topological polar surface area (TPSA) is 64.7 Å². The van der Waals surface area contributed by atoms with Crippen LogP contribution in [0.2, 0.25) is 0 Å². The molecular weight excluding hydrogens is 394 g/mol. The van der Waals surface area contributed by atoms with E-state index in [2.05, 4.69) is 47.9 Å². The SMILES string of the molecule is Cn1nc(C(C)(C)C)cc1NC(=O)CSc1nc2c(n1-c1ccccc1)CCCC2.